The van der Waals surface area contributed by atoms with E-state index in [0.29, 0.717) is 6.42 Å². The molecule has 2 rings (SSSR count). The molecule has 110 valence electrons. The summed E-state index contributed by atoms with van der Waals surface area (Å²) in [7, 11) is 0. The maximum absolute atomic E-state index is 11.8. The maximum atomic E-state index is 11.8. The van der Waals surface area contributed by atoms with Crippen LogP contribution < -0.4 is 0 Å². The number of nitrogens with zero attached hydrogens (tertiary/aromatic N) is 1. The minimum absolute atomic E-state index is 0.000601. The Morgan fingerprint density at radius 2 is 2.24 bits per heavy atom. The van der Waals surface area contributed by atoms with Crippen molar-refractivity contribution in [1.82, 2.24) is 4.90 Å². The minimum atomic E-state index is -0.851. The standard InChI is InChI=1S/C17H19NO3/c1-2-16(19)18-10-4-7-15(18)9-8-13-5-3-6-14(11-13)12-17(20)21/h3,5-6,11,15H,2,4,7,10,12H2,1H3,(H,20,21). The Balaban J connectivity index is 2.11. The number of carbonyl (C=O) groups excluding carboxylic acids is 1. The third-order valence-corrected chi connectivity index (χ3v) is 3.54. The van der Waals surface area contributed by atoms with E-state index >= 15 is 0 Å². The number of amides is 1. The van der Waals surface area contributed by atoms with E-state index in [-0.39, 0.29) is 18.4 Å². The number of rotatable bonds is 3. The van der Waals surface area contributed by atoms with Crippen LogP contribution in [0.25, 0.3) is 0 Å². The Morgan fingerprint density at radius 1 is 1.43 bits per heavy atom. The van der Waals surface area contributed by atoms with Crippen LogP contribution in [0.1, 0.15) is 37.3 Å². The highest BCUT2D eigenvalue weighted by molar-refractivity contribution is 5.77. The van der Waals surface area contributed by atoms with Crippen LogP contribution in [0, 0.1) is 11.8 Å². The van der Waals surface area contributed by atoms with Gasteiger partial charge in [-0.1, -0.05) is 30.9 Å². The molecule has 1 atom stereocenters. The highest BCUT2D eigenvalue weighted by Crippen LogP contribution is 2.17. The van der Waals surface area contributed by atoms with E-state index in [1.165, 1.54) is 0 Å². The molecule has 1 saturated heterocycles. The Labute approximate surface area is 124 Å². The molecule has 21 heavy (non-hydrogen) atoms. The first-order valence-corrected chi connectivity index (χ1v) is 7.22. The third-order valence-electron chi connectivity index (χ3n) is 3.54. The van der Waals surface area contributed by atoms with Crippen molar-refractivity contribution in [2.45, 2.75) is 38.6 Å². The lowest BCUT2D eigenvalue weighted by Crippen LogP contribution is -2.34. The zero-order valence-electron chi connectivity index (χ0n) is 12.1. The number of carboxylic acid groups (broad SMARTS) is 1. The van der Waals surface area contributed by atoms with Crippen LogP contribution in [0.15, 0.2) is 24.3 Å². The first kappa shape index (κ1) is 15.1. The van der Waals surface area contributed by atoms with Crippen molar-refractivity contribution in [3.05, 3.63) is 35.4 Å². The van der Waals surface area contributed by atoms with Crippen molar-refractivity contribution < 1.29 is 14.7 Å². The molecule has 0 aromatic heterocycles. The SMILES string of the molecule is CCC(=O)N1CCCC1C#Cc1cccc(CC(=O)O)c1. The molecule has 1 N–H and O–H groups in total. The predicted octanol–water partition coefficient (Wildman–Crippen LogP) is 2.07. The van der Waals surface area contributed by atoms with Crippen molar-refractivity contribution in [2.75, 3.05) is 6.54 Å². The molecule has 1 aliphatic heterocycles. The van der Waals surface area contributed by atoms with Crippen molar-refractivity contribution in [3.63, 3.8) is 0 Å². The molecule has 0 aliphatic carbocycles. The van der Waals surface area contributed by atoms with Gasteiger partial charge < -0.3 is 10.0 Å². The molecule has 4 nitrogen and oxygen atoms in total. The van der Waals surface area contributed by atoms with Crippen molar-refractivity contribution in [3.8, 4) is 11.8 Å². The lowest BCUT2D eigenvalue weighted by atomic mass is 10.1. The molecule has 1 fully saturated rings. The first-order valence-electron chi connectivity index (χ1n) is 7.22. The topological polar surface area (TPSA) is 57.6 Å². The number of likely N-dealkylation sites (tertiary alicyclic amines) is 1. The van der Waals surface area contributed by atoms with Crippen LogP contribution in [0.5, 0.6) is 0 Å². The van der Waals surface area contributed by atoms with Crippen LogP contribution in [-0.2, 0) is 16.0 Å². The first-order chi connectivity index (χ1) is 10.1. The second-order valence-corrected chi connectivity index (χ2v) is 5.14. The smallest absolute Gasteiger partial charge is 0.307 e. The van der Waals surface area contributed by atoms with Crippen LogP contribution in [0.4, 0.5) is 0 Å². The Morgan fingerprint density at radius 3 is 2.95 bits per heavy atom. The van der Waals surface area contributed by atoms with Gasteiger partial charge in [-0.2, -0.15) is 0 Å². The summed E-state index contributed by atoms with van der Waals surface area (Å²) in [4.78, 5) is 24.4. The molecule has 4 heteroatoms. The van der Waals surface area contributed by atoms with Gasteiger partial charge in [-0.25, -0.2) is 0 Å². The molecule has 1 heterocycles. The van der Waals surface area contributed by atoms with Gasteiger partial charge in [0.2, 0.25) is 5.91 Å². The summed E-state index contributed by atoms with van der Waals surface area (Å²) in [5.74, 6) is 5.52. The lowest BCUT2D eigenvalue weighted by molar-refractivity contribution is -0.136. The molecular weight excluding hydrogens is 266 g/mol. The van der Waals surface area contributed by atoms with Gasteiger partial charge in [-0.3, -0.25) is 9.59 Å². The number of aliphatic carboxylic acids is 1. The van der Waals surface area contributed by atoms with Gasteiger partial charge in [0.1, 0.15) is 0 Å². The number of hydrogen-bond donors (Lipinski definition) is 1. The van der Waals surface area contributed by atoms with Gasteiger partial charge in [-0.05, 0) is 30.5 Å². The molecule has 0 bridgehead atoms. The second kappa shape index (κ2) is 6.94. The molecule has 0 spiro atoms. The van der Waals surface area contributed by atoms with Crippen LogP contribution in [-0.4, -0.2) is 34.5 Å². The van der Waals surface area contributed by atoms with E-state index in [4.69, 9.17) is 5.11 Å². The van der Waals surface area contributed by atoms with Gasteiger partial charge in [0.05, 0.1) is 12.5 Å². The second-order valence-electron chi connectivity index (χ2n) is 5.14. The fraction of sp³-hybridized carbons (Fsp3) is 0.412. The summed E-state index contributed by atoms with van der Waals surface area (Å²) < 4.78 is 0. The largest absolute Gasteiger partial charge is 0.481 e. The zero-order valence-corrected chi connectivity index (χ0v) is 12.1. The molecule has 1 aliphatic rings. The van der Waals surface area contributed by atoms with Gasteiger partial charge >= 0.3 is 5.97 Å². The Bertz CT molecular complexity index is 598. The van der Waals surface area contributed by atoms with E-state index in [2.05, 4.69) is 11.8 Å². The molecule has 1 aromatic rings. The number of carbonyl (C=O) groups is 2. The van der Waals surface area contributed by atoms with Crippen molar-refractivity contribution in [1.29, 1.82) is 0 Å². The highest BCUT2D eigenvalue weighted by atomic mass is 16.4. The fourth-order valence-corrected chi connectivity index (χ4v) is 2.52. The molecule has 0 saturated carbocycles. The van der Waals surface area contributed by atoms with Crippen LogP contribution in [0.3, 0.4) is 0 Å². The quantitative estimate of drug-likeness (QED) is 0.865. The van der Waals surface area contributed by atoms with Gasteiger partial charge in [0, 0.05) is 18.5 Å². The van der Waals surface area contributed by atoms with E-state index in [0.717, 1.165) is 30.5 Å². The molecule has 1 amide bonds. The average Bonchev–Trinajstić information content (AvgIpc) is 2.92. The highest BCUT2D eigenvalue weighted by Gasteiger charge is 2.25. The van der Waals surface area contributed by atoms with Crippen LogP contribution in [0.2, 0.25) is 0 Å². The molecular formula is C17H19NO3. The molecule has 1 aromatic carbocycles. The summed E-state index contributed by atoms with van der Waals surface area (Å²) in [5.41, 5.74) is 1.53. The van der Waals surface area contributed by atoms with Gasteiger partial charge in [0.15, 0.2) is 0 Å². The molecule has 1 unspecified atom stereocenters. The number of carboxylic acids is 1. The Kier molecular flexibility index (Phi) is 4.99. The zero-order chi connectivity index (χ0) is 15.2. The summed E-state index contributed by atoms with van der Waals surface area (Å²) in [6.45, 7) is 2.64. The predicted molar refractivity (Wildman–Crippen MR) is 79.7 cm³/mol. The van der Waals surface area contributed by atoms with E-state index in [9.17, 15) is 9.59 Å². The number of benzene rings is 1. The maximum Gasteiger partial charge on any atom is 0.307 e. The van der Waals surface area contributed by atoms with E-state index in [1.54, 1.807) is 12.1 Å². The average molecular weight is 285 g/mol. The number of hydrogen-bond acceptors (Lipinski definition) is 2. The van der Waals surface area contributed by atoms with Crippen LogP contribution >= 0.6 is 0 Å². The summed E-state index contributed by atoms with van der Waals surface area (Å²) in [6, 6.07) is 7.23. The summed E-state index contributed by atoms with van der Waals surface area (Å²) >= 11 is 0. The normalized spacial score (nSPS) is 17.2. The van der Waals surface area contributed by atoms with E-state index in [1.807, 2.05) is 24.0 Å². The monoisotopic (exact) mass is 285 g/mol. The molecule has 0 radical (unpaired) electrons. The summed E-state index contributed by atoms with van der Waals surface area (Å²) in [5, 5.41) is 8.80. The van der Waals surface area contributed by atoms with Crippen molar-refractivity contribution >= 4 is 11.9 Å². The van der Waals surface area contributed by atoms with Gasteiger partial charge in [-0.15, -0.1) is 0 Å². The van der Waals surface area contributed by atoms with Gasteiger partial charge in [0.25, 0.3) is 0 Å². The Hall–Kier alpha value is -2.28. The van der Waals surface area contributed by atoms with E-state index < -0.39 is 5.97 Å². The lowest BCUT2D eigenvalue weighted by Gasteiger charge is -2.19. The summed E-state index contributed by atoms with van der Waals surface area (Å²) in [6.07, 6.45) is 2.41. The minimum Gasteiger partial charge on any atom is -0.481 e. The fourth-order valence-electron chi connectivity index (χ4n) is 2.52. The third kappa shape index (κ3) is 4.09. The van der Waals surface area contributed by atoms with Crippen molar-refractivity contribution in [2.24, 2.45) is 0 Å².